The summed E-state index contributed by atoms with van der Waals surface area (Å²) in [6.45, 7) is 1.12. The Morgan fingerprint density at radius 2 is 2.00 bits per heavy atom. The van der Waals surface area contributed by atoms with E-state index >= 15 is 0 Å². The number of amides is 2. The lowest BCUT2D eigenvalue weighted by Gasteiger charge is -2.24. The summed E-state index contributed by atoms with van der Waals surface area (Å²) in [5.41, 5.74) is 3.38. The average Bonchev–Trinajstić information content (AvgIpc) is 3.63. The molecule has 10 nitrogen and oxygen atoms in total. The normalized spacial score (nSPS) is 17.0. The first-order chi connectivity index (χ1) is 19.3. The van der Waals surface area contributed by atoms with Crippen molar-refractivity contribution in [2.75, 3.05) is 11.9 Å². The van der Waals surface area contributed by atoms with Gasteiger partial charge < -0.3 is 14.8 Å². The van der Waals surface area contributed by atoms with Crippen LogP contribution in [0.3, 0.4) is 0 Å². The zero-order valence-electron chi connectivity index (χ0n) is 21.3. The Labute approximate surface area is 235 Å². The van der Waals surface area contributed by atoms with E-state index in [-0.39, 0.29) is 25.3 Å². The van der Waals surface area contributed by atoms with E-state index in [0.29, 0.717) is 32.5 Å². The zero-order valence-corrected chi connectivity index (χ0v) is 22.9. The van der Waals surface area contributed by atoms with Crippen LogP contribution in [0.5, 0.6) is 0 Å². The number of carbonyl (C=O) groups is 3. The molecule has 1 fully saturated rings. The molecule has 202 valence electrons. The molecule has 1 N–H and O–H groups in total. The monoisotopic (exact) mass is 603 g/mol. The lowest BCUT2D eigenvalue weighted by Crippen LogP contribution is -2.44. The Hall–Kier alpha value is -4.45. The molecule has 12 heteroatoms. The fourth-order valence-electron chi connectivity index (χ4n) is 5.13. The molecule has 2 atom stereocenters. The number of nitrogens with one attached hydrogen (secondary N) is 1. The molecule has 1 aromatic carbocycles. The van der Waals surface area contributed by atoms with Gasteiger partial charge in [0.25, 0.3) is 0 Å². The van der Waals surface area contributed by atoms with Gasteiger partial charge in [-0.1, -0.05) is 12.1 Å². The number of rotatable bonds is 6. The first-order valence-electron chi connectivity index (χ1n) is 12.6. The number of likely N-dealkylation sites (tertiary alicyclic amines) is 1. The molecular weight excluding hydrogens is 581 g/mol. The summed E-state index contributed by atoms with van der Waals surface area (Å²) in [6, 6.07) is 13.3. The zero-order chi connectivity index (χ0) is 28.0. The number of ketones is 1. The van der Waals surface area contributed by atoms with Crippen molar-refractivity contribution >= 4 is 55.9 Å². The Bertz CT molecular complexity index is 1800. The number of halogens is 2. The Balaban J connectivity index is 1.29. The number of benzene rings is 1. The highest BCUT2D eigenvalue weighted by molar-refractivity contribution is 9.10. The number of pyridine rings is 1. The van der Waals surface area contributed by atoms with Gasteiger partial charge in [-0.05, 0) is 59.3 Å². The summed E-state index contributed by atoms with van der Waals surface area (Å²) >= 11 is 3.25. The van der Waals surface area contributed by atoms with Gasteiger partial charge >= 0.3 is 0 Å². The molecule has 0 bridgehead atoms. The standard InChI is InChI=1S/C28H23BrFN7O3/c1-16(38)20-14-35(21-8-7-17(10-19(20)21)23-12-31-26-6-3-9-32-37(23)26)15-27(39)36-13-18(30)11-22(36)28(40)34-25-5-2-4-24(29)33-25/h2-10,12,14,18,22H,11,13,15H2,1H3,(H,33,34,40)/t18-,22+/m1/s1. The summed E-state index contributed by atoms with van der Waals surface area (Å²) in [7, 11) is 0. The largest absolute Gasteiger partial charge is 0.337 e. The average molecular weight is 604 g/mol. The van der Waals surface area contributed by atoms with Crippen molar-refractivity contribution in [3.8, 4) is 11.3 Å². The first-order valence-corrected chi connectivity index (χ1v) is 13.4. The number of aromatic nitrogens is 5. The maximum atomic E-state index is 14.5. The van der Waals surface area contributed by atoms with Gasteiger partial charge in [-0.2, -0.15) is 5.10 Å². The second-order valence-electron chi connectivity index (χ2n) is 9.63. The minimum absolute atomic E-state index is 0.104. The third-order valence-corrected chi connectivity index (χ3v) is 7.42. The SMILES string of the molecule is CC(=O)c1cn(CC(=O)N2C[C@H](F)C[C@H]2C(=O)Nc2cccc(Br)n2)c2ccc(-c3cnc4cccnn34)cc12. The number of hydrogen-bond acceptors (Lipinski definition) is 6. The summed E-state index contributed by atoms with van der Waals surface area (Å²) < 4.78 is 18.4. The lowest BCUT2D eigenvalue weighted by atomic mass is 10.1. The maximum absolute atomic E-state index is 14.5. The van der Waals surface area contributed by atoms with Crippen molar-refractivity contribution in [1.29, 1.82) is 0 Å². The van der Waals surface area contributed by atoms with Crippen LogP contribution in [0.25, 0.3) is 27.8 Å². The van der Waals surface area contributed by atoms with Crippen LogP contribution in [-0.2, 0) is 16.1 Å². The van der Waals surface area contributed by atoms with Gasteiger partial charge in [0, 0.05) is 40.8 Å². The summed E-state index contributed by atoms with van der Waals surface area (Å²) in [5.74, 6) is -0.793. The van der Waals surface area contributed by atoms with Gasteiger partial charge in [-0.3, -0.25) is 14.4 Å². The summed E-state index contributed by atoms with van der Waals surface area (Å²) in [6.07, 6.45) is 3.58. The van der Waals surface area contributed by atoms with Gasteiger partial charge in [-0.15, -0.1) is 0 Å². The quantitative estimate of drug-likeness (QED) is 0.229. The van der Waals surface area contributed by atoms with Gasteiger partial charge in [0.15, 0.2) is 11.4 Å². The van der Waals surface area contributed by atoms with Gasteiger partial charge in [-0.25, -0.2) is 18.9 Å². The second kappa shape index (κ2) is 10.3. The fraction of sp³-hybridized carbons (Fsp3) is 0.214. The summed E-state index contributed by atoms with van der Waals surface area (Å²) in [5, 5.41) is 7.70. The van der Waals surface area contributed by atoms with Crippen LogP contribution in [0, 0.1) is 0 Å². The van der Waals surface area contributed by atoms with E-state index in [1.807, 2.05) is 24.3 Å². The first kappa shape index (κ1) is 25.8. The number of imidazole rings is 1. The molecule has 1 saturated heterocycles. The van der Waals surface area contributed by atoms with Crippen LogP contribution >= 0.6 is 15.9 Å². The number of nitrogens with zero attached hydrogens (tertiary/aromatic N) is 6. The molecule has 0 unspecified atom stereocenters. The van der Waals surface area contributed by atoms with E-state index in [2.05, 4.69) is 36.3 Å². The number of alkyl halides is 1. The van der Waals surface area contributed by atoms with Crippen molar-refractivity contribution in [3.05, 3.63) is 77.3 Å². The molecule has 6 rings (SSSR count). The smallest absolute Gasteiger partial charge is 0.248 e. The summed E-state index contributed by atoms with van der Waals surface area (Å²) in [4.78, 5) is 48.8. The number of carbonyl (C=O) groups excluding carboxylic acids is 3. The minimum atomic E-state index is -1.33. The number of Topliss-reactive ketones (excluding diaryl/α,β-unsaturated/α-hetero) is 1. The fourth-order valence-corrected chi connectivity index (χ4v) is 5.47. The second-order valence-corrected chi connectivity index (χ2v) is 10.4. The van der Waals surface area contributed by atoms with Crippen molar-refractivity contribution in [3.63, 3.8) is 0 Å². The highest BCUT2D eigenvalue weighted by atomic mass is 79.9. The highest BCUT2D eigenvalue weighted by Crippen LogP contribution is 2.30. The predicted octanol–water partition coefficient (Wildman–Crippen LogP) is 4.29. The Morgan fingerprint density at radius 3 is 2.80 bits per heavy atom. The number of anilines is 1. The van der Waals surface area contributed by atoms with Gasteiger partial charge in [0.1, 0.15) is 29.2 Å². The van der Waals surface area contributed by atoms with Crippen LogP contribution in [0.4, 0.5) is 10.2 Å². The molecule has 40 heavy (non-hydrogen) atoms. The minimum Gasteiger partial charge on any atom is -0.337 e. The topological polar surface area (TPSA) is 114 Å². The van der Waals surface area contributed by atoms with E-state index in [4.69, 9.17) is 0 Å². The molecule has 5 aromatic rings. The van der Waals surface area contributed by atoms with Crippen LogP contribution in [0.15, 0.2) is 71.7 Å². The highest BCUT2D eigenvalue weighted by Gasteiger charge is 2.40. The van der Waals surface area contributed by atoms with Crippen LogP contribution < -0.4 is 5.32 Å². The van der Waals surface area contributed by atoms with E-state index in [0.717, 1.165) is 11.3 Å². The van der Waals surface area contributed by atoms with Crippen LogP contribution in [0.1, 0.15) is 23.7 Å². The van der Waals surface area contributed by atoms with Crippen LogP contribution in [-0.4, -0.2) is 65.4 Å². The molecular formula is C28H23BrFN7O3. The molecule has 0 aliphatic carbocycles. The molecule has 1 aliphatic heterocycles. The molecule has 2 amide bonds. The van der Waals surface area contributed by atoms with Crippen molar-refractivity contribution in [1.82, 2.24) is 29.0 Å². The van der Waals surface area contributed by atoms with Crippen molar-refractivity contribution < 1.29 is 18.8 Å². The van der Waals surface area contributed by atoms with Crippen molar-refractivity contribution in [2.24, 2.45) is 0 Å². The van der Waals surface area contributed by atoms with Crippen molar-refractivity contribution in [2.45, 2.75) is 32.1 Å². The number of hydrogen-bond donors (Lipinski definition) is 1. The molecule has 0 spiro atoms. The Morgan fingerprint density at radius 1 is 1.15 bits per heavy atom. The molecule has 4 aromatic heterocycles. The Kier molecular flexibility index (Phi) is 6.62. The molecule has 0 radical (unpaired) electrons. The number of fused-ring (bicyclic) bond motifs is 2. The van der Waals surface area contributed by atoms with E-state index in [1.165, 1.54) is 11.8 Å². The molecule has 5 heterocycles. The third-order valence-electron chi connectivity index (χ3n) is 6.98. The maximum Gasteiger partial charge on any atom is 0.248 e. The molecule has 0 saturated carbocycles. The molecule has 1 aliphatic rings. The van der Waals surface area contributed by atoms with Gasteiger partial charge in [0.2, 0.25) is 11.8 Å². The van der Waals surface area contributed by atoms with E-state index < -0.39 is 24.0 Å². The van der Waals surface area contributed by atoms with E-state index in [1.54, 1.807) is 51.9 Å². The van der Waals surface area contributed by atoms with Crippen LogP contribution in [0.2, 0.25) is 0 Å². The van der Waals surface area contributed by atoms with E-state index in [9.17, 15) is 18.8 Å². The third kappa shape index (κ3) is 4.75. The predicted molar refractivity (Wildman–Crippen MR) is 150 cm³/mol. The van der Waals surface area contributed by atoms with Gasteiger partial charge in [0.05, 0.1) is 18.4 Å². The lowest BCUT2D eigenvalue weighted by molar-refractivity contribution is -0.137.